The summed E-state index contributed by atoms with van der Waals surface area (Å²) in [5, 5.41) is 4.75. The lowest BCUT2D eigenvalue weighted by Crippen LogP contribution is -2.42. The zero-order valence-electron chi connectivity index (χ0n) is 16.7. The molecule has 3 rings (SSSR count). The Morgan fingerprint density at radius 3 is 2.50 bits per heavy atom. The van der Waals surface area contributed by atoms with Crippen molar-refractivity contribution in [3.05, 3.63) is 30.0 Å². The van der Waals surface area contributed by atoms with Gasteiger partial charge in [0.1, 0.15) is 5.69 Å². The van der Waals surface area contributed by atoms with E-state index in [0.29, 0.717) is 17.8 Å². The van der Waals surface area contributed by atoms with Gasteiger partial charge in [0.25, 0.3) is 5.91 Å². The Kier molecular flexibility index (Phi) is 5.56. The number of hydrogen-bond donors (Lipinski definition) is 2. The molecule has 142 valence electrons. The van der Waals surface area contributed by atoms with Crippen LogP contribution in [0.15, 0.2) is 24.3 Å². The monoisotopic (exact) mass is 356 g/mol. The Labute approximate surface area is 156 Å². The number of aromatic nitrogens is 1. The van der Waals surface area contributed by atoms with Crippen LogP contribution < -0.4 is 5.32 Å². The number of carbonyl (C=O) groups excluding carboxylic acids is 1. The summed E-state index contributed by atoms with van der Waals surface area (Å²) in [6, 6.07) is 9.61. The number of aromatic amines is 1. The van der Waals surface area contributed by atoms with E-state index in [1.165, 1.54) is 12.8 Å². The number of fused-ring (bicyclic) bond motifs is 1. The summed E-state index contributed by atoms with van der Waals surface area (Å²) < 4.78 is 0. The van der Waals surface area contributed by atoms with Gasteiger partial charge in [0, 0.05) is 54.9 Å². The third-order valence-electron chi connectivity index (χ3n) is 5.58. The van der Waals surface area contributed by atoms with Crippen molar-refractivity contribution in [2.45, 2.75) is 58.7 Å². The molecule has 5 heteroatoms. The van der Waals surface area contributed by atoms with Crippen molar-refractivity contribution >= 4 is 22.5 Å². The van der Waals surface area contributed by atoms with Crippen molar-refractivity contribution in [2.75, 3.05) is 25.5 Å². The second-order valence-corrected chi connectivity index (χ2v) is 8.04. The molecule has 2 heterocycles. The lowest BCUT2D eigenvalue weighted by molar-refractivity contribution is 0.0750. The quantitative estimate of drug-likeness (QED) is 0.853. The zero-order valence-corrected chi connectivity index (χ0v) is 16.7. The highest BCUT2D eigenvalue weighted by molar-refractivity contribution is 5.98. The van der Waals surface area contributed by atoms with E-state index in [0.717, 1.165) is 29.7 Å². The van der Waals surface area contributed by atoms with Crippen LogP contribution in [0.2, 0.25) is 0 Å². The number of nitrogens with zero attached hydrogens (tertiary/aromatic N) is 2. The first kappa shape index (κ1) is 18.8. The Bertz CT molecular complexity index is 756. The topological polar surface area (TPSA) is 51.4 Å². The molecule has 1 saturated heterocycles. The van der Waals surface area contributed by atoms with Crippen molar-refractivity contribution in [2.24, 2.45) is 0 Å². The van der Waals surface area contributed by atoms with E-state index in [2.05, 4.69) is 47.2 Å². The summed E-state index contributed by atoms with van der Waals surface area (Å²) >= 11 is 0. The maximum absolute atomic E-state index is 12.5. The molecule has 0 atom stereocenters. The molecule has 2 aromatic rings. The standard InChI is InChI=1S/C21H32N4O/c1-14(2)24(5)21(26)20-13-16-12-18(6-7-19(16)23-20)22-17-8-10-25(11-9-17)15(3)4/h6-7,12-15,17,22-23H,8-11H2,1-5H3. The number of nitrogens with one attached hydrogen (secondary N) is 2. The van der Waals surface area contributed by atoms with Gasteiger partial charge >= 0.3 is 0 Å². The predicted octanol–water partition coefficient (Wildman–Crippen LogP) is 3.93. The smallest absolute Gasteiger partial charge is 0.270 e. The first-order valence-corrected chi connectivity index (χ1v) is 9.75. The van der Waals surface area contributed by atoms with Crippen molar-refractivity contribution < 1.29 is 4.79 Å². The molecule has 5 nitrogen and oxygen atoms in total. The molecule has 26 heavy (non-hydrogen) atoms. The molecule has 1 amide bonds. The van der Waals surface area contributed by atoms with Crippen LogP contribution in [0.25, 0.3) is 10.9 Å². The van der Waals surface area contributed by atoms with Gasteiger partial charge in [-0.1, -0.05) is 0 Å². The Balaban J connectivity index is 1.69. The molecule has 0 aliphatic carbocycles. The van der Waals surface area contributed by atoms with Gasteiger partial charge in [-0.05, 0) is 64.8 Å². The predicted molar refractivity (Wildman–Crippen MR) is 109 cm³/mol. The minimum atomic E-state index is 0.0340. The van der Waals surface area contributed by atoms with E-state index in [-0.39, 0.29) is 11.9 Å². The molecular formula is C21H32N4O. The van der Waals surface area contributed by atoms with Gasteiger partial charge in [-0.3, -0.25) is 4.79 Å². The molecule has 1 aliphatic heterocycles. The third kappa shape index (κ3) is 4.04. The summed E-state index contributed by atoms with van der Waals surface area (Å²) in [6.45, 7) is 10.9. The number of carbonyl (C=O) groups is 1. The summed E-state index contributed by atoms with van der Waals surface area (Å²) in [5.41, 5.74) is 2.79. The van der Waals surface area contributed by atoms with Crippen molar-refractivity contribution in [1.29, 1.82) is 0 Å². The lowest BCUT2D eigenvalue weighted by atomic mass is 10.0. The first-order valence-electron chi connectivity index (χ1n) is 9.75. The SMILES string of the molecule is CC(C)N1CCC(Nc2ccc3[nH]c(C(=O)N(C)C(C)C)cc3c2)CC1. The molecular weight excluding hydrogens is 324 g/mol. The zero-order chi connectivity index (χ0) is 18.8. The number of benzene rings is 1. The Hall–Kier alpha value is -2.01. The van der Waals surface area contributed by atoms with E-state index >= 15 is 0 Å². The average Bonchev–Trinajstić information content (AvgIpc) is 3.04. The highest BCUT2D eigenvalue weighted by Gasteiger charge is 2.21. The normalized spacial score (nSPS) is 16.6. The summed E-state index contributed by atoms with van der Waals surface area (Å²) in [4.78, 5) is 20.1. The van der Waals surface area contributed by atoms with Crippen LogP contribution in [0.5, 0.6) is 0 Å². The maximum atomic E-state index is 12.5. The number of rotatable bonds is 5. The van der Waals surface area contributed by atoms with Crippen LogP contribution in [0.1, 0.15) is 51.0 Å². The minimum Gasteiger partial charge on any atom is -0.382 e. The van der Waals surface area contributed by atoms with Crippen LogP contribution in [0.3, 0.4) is 0 Å². The molecule has 1 aliphatic rings. The molecule has 2 N–H and O–H groups in total. The maximum Gasteiger partial charge on any atom is 0.270 e. The number of anilines is 1. The fourth-order valence-corrected chi connectivity index (χ4v) is 3.56. The molecule has 0 saturated carbocycles. The van der Waals surface area contributed by atoms with Gasteiger partial charge in [-0.25, -0.2) is 0 Å². The van der Waals surface area contributed by atoms with Crippen LogP contribution in [0.4, 0.5) is 5.69 Å². The fraction of sp³-hybridized carbons (Fsp3) is 0.571. The molecule has 1 fully saturated rings. The van der Waals surface area contributed by atoms with Gasteiger partial charge in [0.15, 0.2) is 0 Å². The summed E-state index contributed by atoms with van der Waals surface area (Å²) in [7, 11) is 1.84. The van der Waals surface area contributed by atoms with E-state index < -0.39 is 0 Å². The minimum absolute atomic E-state index is 0.0340. The van der Waals surface area contributed by atoms with E-state index in [4.69, 9.17) is 0 Å². The van der Waals surface area contributed by atoms with Gasteiger partial charge < -0.3 is 20.1 Å². The lowest BCUT2D eigenvalue weighted by Gasteiger charge is -2.35. The van der Waals surface area contributed by atoms with Crippen LogP contribution in [-0.4, -0.2) is 59.0 Å². The van der Waals surface area contributed by atoms with Gasteiger partial charge in [0.2, 0.25) is 0 Å². The number of likely N-dealkylation sites (tertiary alicyclic amines) is 1. The van der Waals surface area contributed by atoms with Crippen molar-refractivity contribution in [1.82, 2.24) is 14.8 Å². The number of H-pyrrole nitrogens is 1. The number of amides is 1. The second-order valence-electron chi connectivity index (χ2n) is 8.04. The van der Waals surface area contributed by atoms with Crippen LogP contribution >= 0.6 is 0 Å². The number of piperidine rings is 1. The summed E-state index contributed by atoms with van der Waals surface area (Å²) in [6.07, 6.45) is 2.35. The second kappa shape index (κ2) is 7.70. The molecule has 1 aromatic carbocycles. The fourth-order valence-electron chi connectivity index (χ4n) is 3.56. The average molecular weight is 357 g/mol. The van der Waals surface area contributed by atoms with Gasteiger partial charge in [0.05, 0.1) is 0 Å². The largest absolute Gasteiger partial charge is 0.382 e. The summed E-state index contributed by atoms with van der Waals surface area (Å²) in [5.74, 6) is 0.0340. The molecule has 0 radical (unpaired) electrons. The highest BCUT2D eigenvalue weighted by Crippen LogP contribution is 2.24. The van der Waals surface area contributed by atoms with E-state index in [9.17, 15) is 4.79 Å². The highest BCUT2D eigenvalue weighted by atomic mass is 16.2. The van der Waals surface area contributed by atoms with E-state index in [1.54, 1.807) is 4.90 Å². The van der Waals surface area contributed by atoms with Gasteiger partial charge in [-0.15, -0.1) is 0 Å². The van der Waals surface area contributed by atoms with Crippen molar-refractivity contribution in [3.63, 3.8) is 0 Å². The molecule has 0 bridgehead atoms. The van der Waals surface area contributed by atoms with E-state index in [1.807, 2.05) is 27.0 Å². The Morgan fingerprint density at radius 2 is 1.88 bits per heavy atom. The van der Waals surface area contributed by atoms with Crippen LogP contribution in [0, 0.1) is 0 Å². The first-order chi connectivity index (χ1) is 12.3. The Morgan fingerprint density at radius 1 is 1.19 bits per heavy atom. The molecule has 0 unspecified atom stereocenters. The van der Waals surface area contributed by atoms with Crippen molar-refractivity contribution in [3.8, 4) is 0 Å². The number of hydrogen-bond acceptors (Lipinski definition) is 3. The molecule has 1 aromatic heterocycles. The van der Waals surface area contributed by atoms with Crippen LogP contribution in [-0.2, 0) is 0 Å². The molecule has 0 spiro atoms. The third-order valence-corrected chi connectivity index (χ3v) is 5.58. The van der Waals surface area contributed by atoms with Gasteiger partial charge in [-0.2, -0.15) is 0 Å².